The van der Waals surface area contributed by atoms with Gasteiger partial charge in [0.05, 0.1) is 0 Å². The predicted molar refractivity (Wildman–Crippen MR) is 15.5 cm³/mol. The summed E-state index contributed by atoms with van der Waals surface area (Å²) in [4.78, 5) is 0. The molecular weight excluding hydrogens is 128 g/mol. The summed E-state index contributed by atoms with van der Waals surface area (Å²) in [6.45, 7) is 0. The third-order valence-electron chi connectivity index (χ3n) is 0. The fourth-order valence-corrected chi connectivity index (χ4v) is 0. The SMILES string of the molecule is S.[O]=[Ti]([OH])[OH]. The van der Waals surface area contributed by atoms with E-state index in [2.05, 4.69) is 0 Å². The molecule has 5 heteroatoms. The average molecular weight is 132 g/mol. The van der Waals surface area contributed by atoms with Gasteiger partial charge >= 0.3 is 29.3 Å². The molecule has 3 nitrogen and oxygen atoms in total. The Hall–Kier alpha value is 0.784. The van der Waals surface area contributed by atoms with Crippen molar-refractivity contribution >= 4 is 13.5 Å². The molecule has 0 saturated heterocycles. The van der Waals surface area contributed by atoms with Crippen LogP contribution in [-0.4, -0.2) is 7.38 Å². The van der Waals surface area contributed by atoms with Crippen LogP contribution < -0.4 is 0 Å². The van der Waals surface area contributed by atoms with Crippen LogP contribution in [0.3, 0.4) is 0 Å². The molecular formula is H4O3STi. The summed E-state index contributed by atoms with van der Waals surface area (Å²) in [6.07, 6.45) is 0. The van der Waals surface area contributed by atoms with Gasteiger partial charge in [-0.05, 0) is 0 Å². The summed E-state index contributed by atoms with van der Waals surface area (Å²) in [6, 6.07) is 0. The monoisotopic (exact) mass is 132 g/mol. The molecule has 0 rings (SSSR count). The van der Waals surface area contributed by atoms with Gasteiger partial charge in [-0.1, -0.05) is 0 Å². The van der Waals surface area contributed by atoms with Crippen LogP contribution in [0, 0.1) is 0 Å². The molecule has 0 heterocycles. The van der Waals surface area contributed by atoms with Crippen molar-refractivity contribution in [1.29, 1.82) is 0 Å². The maximum atomic E-state index is 8.81. The van der Waals surface area contributed by atoms with Crippen molar-refractivity contribution in [2.45, 2.75) is 0 Å². The van der Waals surface area contributed by atoms with E-state index in [0.717, 1.165) is 0 Å². The molecule has 32 valence electrons. The summed E-state index contributed by atoms with van der Waals surface area (Å²) in [5.41, 5.74) is 0. The molecule has 0 spiro atoms. The average Bonchev–Trinajstić information content (AvgIpc) is 0.811. The van der Waals surface area contributed by atoms with Gasteiger partial charge in [0, 0.05) is 0 Å². The van der Waals surface area contributed by atoms with Crippen molar-refractivity contribution in [3.05, 3.63) is 0 Å². The van der Waals surface area contributed by atoms with E-state index in [0.29, 0.717) is 0 Å². The molecule has 0 aromatic heterocycles. The van der Waals surface area contributed by atoms with Gasteiger partial charge in [0.2, 0.25) is 0 Å². The van der Waals surface area contributed by atoms with E-state index in [9.17, 15) is 0 Å². The van der Waals surface area contributed by atoms with Crippen LogP contribution in [0.2, 0.25) is 0 Å². The Morgan fingerprint density at radius 2 is 1.40 bits per heavy atom. The van der Waals surface area contributed by atoms with Gasteiger partial charge in [-0.2, -0.15) is 13.5 Å². The molecule has 0 bridgehead atoms. The van der Waals surface area contributed by atoms with Crippen LogP contribution in [0.5, 0.6) is 0 Å². The van der Waals surface area contributed by atoms with Crippen LogP contribution in [0.1, 0.15) is 0 Å². The Bertz CT molecular complexity index is 29.9. The zero-order valence-electron chi connectivity index (χ0n) is 2.30. The van der Waals surface area contributed by atoms with E-state index >= 15 is 0 Å². The number of rotatable bonds is 0. The summed E-state index contributed by atoms with van der Waals surface area (Å²) in [5, 5.41) is 0. The number of hydrogen-bond donors (Lipinski definition) is 2. The van der Waals surface area contributed by atoms with Crippen molar-refractivity contribution in [2.75, 3.05) is 0 Å². The minimum absolute atomic E-state index is 0. The topological polar surface area (TPSA) is 57.5 Å². The molecule has 0 aromatic rings. The molecule has 0 unspecified atom stereocenters. The van der Waals surface area contributed by atoms with E-state index in [1.165, 1.54) is 0 Å². The second-order valence-corrected chi connectivity index (χ2v) is 1.17. The van der Waals surface area contributed by atoms with Crippen LogP contribution >= 0.6 is 13.5 Å². The van der Waals surface area contributed by atoms with E-state index in [1.807, 2.05) is 0 Å². The van der Waals surface area contributed by atoms with Gasteiger partial charge in [0.15, 0.2) is 0 Å². The molecule has 0 fully saturated rings. The molecule has 0 amide bonds. The van der Waals surface area contributed by atoms with E-state index in [4.69, 9.17) is 10.7 Å². The molecule has 0 aliphatic heterocycles. The first-order valence-electron chi connectivity index (χ1n) is 0.651. The number of hydrogen-bond acceptors (Lipinski definition) is 1. The third-order valence-corrected chi connectivity index (χ3v) is 0. The fraction of sp³-hybridized carbons (Fsp3) is 0. The van der Waals surface area contributed by atoms with Crippen molar-refractivity contribution in [3.63, 3.8) is 0 Å². The van der Waals surface area contributed by atoms with E-state index < -0.39 is 18.6 Å². The second kappa shape index (κ2) is 4.78. The summed E-state index contributed by atoms with van der Waals surface area (Å²) in [7, 11) is 0. The summed E-state index contributed by atoms with van der Waals surface area (Å²) >= 11 is -3.58. The standard InChI is InChI=1S/2H2O.O.H2S.Ti/h2*1H2;;1H2;/q;;;;+2/p-2. The van der Waals surface area contributed by atoms with E-state index in [1.54, 1.807) is 0 Å². The Kier molecular flexibility index (Phi) is 8.85. The summed E-state index contributed by atoms with van der Waals surface area (Å²) in [5.74, 6) is 0. The van der Waals surface area contributed by atoms with Crippen molar-refractivity contribution < 1.29 is 29.3 Å². The molecule has 0 aromatic carbocycles. The van der Waals surface area contributed by atoms with E-state index in [-0.39, 0.29) is 13.5 Å². The molecule has 0 saturated carbocycles. The Morgan fingerprint density at radius 1 is 1.40 bits per heavy atom. The first-order valence-corrected chi connectivity index (χ1v) is 2.69. The zero-order valence-corrected chi connectivity index (χ0v) is 4.86. The van der Waals surface area contributed by atoms with Crippen molar-refractivity contribution in [1.82, 2.24) is 0 Å². The van der Waals surface area contributed by atoms with Gasteiger partial charge in [-0.15, -0.1) is 0 Å². The van der Waals surface area contributed by atoms with Gasteiger partial charge in [0.1, 0.15) is 0 Å². The first-order chi connectivity index (χ1) is 1.73. The van der Waals surface area contributed by atoms with Gasteiger partial charge in [-0.3, -0.25) is 0 Å². The third kappa shape index (κ3) is 60.3. The van der Waals surface area contributed by atoms with Crippen molar-refractivity contribution in [2.24, 2.45) is 0 Å². The normalized spacial score (nSPS) is 5.20. The first kappa shape index (κ1) is 9.25. The quantitative estimate of drug-likeness (QED) is 0.410. The van der Waals surface area contributed by atoms with Gasteiger partial charge in [-0.25, -0.2) is 0 Å². The maximum absolute atomic E-state index is 8.81. The molecule has 2 N–H and O–H groups in total. The van der Waals surface area contributed by atoms with Crippen LogP contribution in [0.4, 0.5) is 0 Å². The zero-order chi connectivity index (χ0) is 3.58. The van der Waals surface area contributed by atoms with Gasteiger partial charge in [0.25, 0.3) is 0 Å². The molecule has 0 atom stereocenters. The fourth-order valence-electron chi connectivity index (χ4n) is 0. The molecule has 0 aliphatic rings. The molecule has 0 radical (unpaired) electrons. The van der Waals surface area contributed by atoms with Gasteiger partial charge < -0.3 is 0 Å². The summed E-state index contributed by atoms with van der Waals surface area (Å²) < 4.78 is 23.2. The second-order valence-electron chi connectivity index (χ2n) is 0.283. The Balaban J connectivity index is 0. The molecule has 0 aliphatic carbocycles. The van der Waals surface area contributed by atoms with Crippen LogP contribution in [0.25, 0.3) is 0 Å². The van der Waals surface area contributed by atoms with Crippen LogP contribution in [-0.2, 0) is 21.9 Å². The minimum atomic E-state index is -3.58. The van der Waals surface area contributed by atoms with Crippen LogP contribution in [0.15, 0.2) is 0 Å². The Labute approximate surface area is 43.2 Å². The Morgan fingerprint density at radius 3 is 1.40 bits per heavy atom. The predicted octanol–water partition coefficient (Wildman–Crippen LogP) is -1.12. The van der Waals surface area contributed by atoms with Crippen molar-refractivity contribution in [3.8, 4) is 0 Å². The molecule has 5 heavy (non-hydrogen) atoms.